The second kappa shape index (κ2) is 12.5. The maximum atomic E-state index is 13.1. The molecule has 1 saturated heterocycles. The Balaban J connectivity index is 1.58. The highest BCUT2D eigenvalue weighted by molar-refractivity contribution is 8.00. The maximum absolute atomic E-state index is 13.1. The molecular formula is C25H37N5O7S. The summed E-state index contributed by atoms with van der Waals surface area (Å²) in [6.07, 6.45) is 2.61. The zero-order chi connectivity index (χ0) is 28.0. The van der Waals surface area contributed by atoms with Gasteiger partial charge in [-0.1, -0.05) is 13.8 Å². The Hall–Kier alpha value is -3.22. The Morgan fingerprint density at radius 1 is 1.26 bits per heavy atom. The van der Waals surface area contributed by atoms with E-state index < -0.39 is 29.7 Å². The third-order valence-corrected chi connectivity index (χ3v) is 6.78. The van der Waals surface area contributed by atoms with Crippen LogP contribution in [0.2, 0.25) is 0 Å². The van der Waals surface area contributed by atoms with Crippen LogP contribution in [-0.2, 0) is 35.0 Å². The van der Waals surface area contributed by atoms with Crippen LogP contribution in [0.3, 0.4) is 0 Å². The van der Waals surface area contributed by atoms with E-state index in [1.165, 1.54) is 23.6 Å². The third-order valence-electron chi connectivity index (χ3n) is 5.44. The number of alkyl carbamates (subject to hydrolysis) is 1. The molecule has 1 fully saturated rings. The predicted octanol–water partition coefficient (Wildman–Crippen LogP) is 2.58. The molecule has 12 nitrogen and oxygen atoms in total. The molecule has 2 aliphatic heterocycles. The van der Waals surface area contributed by atoms with Crippen molar-refractivity contribution < 1.29 is 33.4 Å². The lowest BCUT2D eigenvalue weighted by Gasteiger charge is -2.49. The van der Waals surface area contributed by atoms with Crippen LogP contribution < -0.4 is 10.6 Å². The average molecular weight is 552 g/mol. The van der Waals surface area contributed by atoms with Gasteiger partial charge in [-0.05, 0) is 39.5 Å². The van der Waals surface area contributed by atoms with Crippen molar-refractivity contribution in [3.63, 3.8) is 0 Å². The number of fused-ring (bicyclic) bond motifs is 1. The Bertz CT molecular complexity index is 1080. The van der Waals surface area contributed by atoms with E-state index in [9.17, 15) is 19.2 Å². The molecular weight excluding hydrogens is 514 g/mol. The molecule has 3 rings (SSSR count). The van der Waals surface area contributed by atoms with Gasteiger partial charge < -0.3 is 29.8 Å². The van der Waals surface area contributed by atoms with Crippen LogP contribution in [-0.4, -0.2) is 81.3 Å². The molecule has 2 atom stereocenters. The van der Waals surface area contributed by atoms with E-state index in [1.54, 1.807) is 27.0 Å². The van der Waals surface area contributed by atoms with Crippen LogP contribution in [0, 0.1) is 5.92 Å². The van der Waals surface area contributed by atoms with Crippen LogP contribution in [0.5, 0.6) is 0 Å². The van der Waals surface area contributed by atoms with Gasteiger partial charge >= 0.3 is 18.0 Å². The summed E-state index contributed by atoms with van der Waals surface area (Å²) in [6.45, 7) is 11.2. The molecule has 0 bridgehead atoms. The van der Waals surface area contributed by atoms with Gasteiger partial charge in [-0.15, -0.1) is 11.8 Å². The Morgan fingerprint density at radius 2 is 2.00 bits per heavy atom. The lowest BCUT2D eigenvalue weighted by Crippen LogP contribution is -2.68. The molecule has 3 heterocycles. The summed E-state index contributed by atoms with van der Waals surface area (Å²) in [7, 11) is 0. The van der Waals surface area contributed by atoms with E-state index in [4.69, 9.17) is 14.2 Å². The van der Waals surface area contributed by atoms with E-state index in [1.807, 2.05) is 13.8 Å². The zero-order valence-electron chi connectivity index (χ0n) is 22.7. The second-order valence-corrected chi connectivity index (χ2v) is 11.6. The van der Waals surface area contributed by atoms with E-state index in [2.05, 4.69) is 20.6 Å². The van der Waals surface area contributed by atoms with Crippen molar-refractivity contribution in [3.8, 4) is 0 Å². The summed E-state index contributed by atoms with van der Waals surface area (Å²) >= 11 is 1.47. The molecule has 1 unspecified atom stereocenters. The highest BCUT2D eigenvalue weighted by Crippen LogP contribution is 2.42. The summed E-state index contributed by atoms with van der Waals surface area (Å²) in [5.41, 5.74) is 0.691. The fourth-order valence-electron chi connectivity index (χ4n) is 3.76. The minimum atomic E-state index is -0.753. The van der Waals surface area contributed by atoms with Gasteiger partial charge in [0.15, 0.2) is 0 Å². The van der Waals surface area contributed by atoms with Crippen molar-refractivity contribution in [2.75, 3.05) is 30.8 Å². The highest BCUT2D eigenvalue weighted by Gasteiger charge is 2.54. The number of nitrogens with one attached hydrogen (secondary N) is 3. The van der Waals surface area contributed by atoms with Crippen molar-refractivity contribution >= 4 is 41.6 Å². The van der Waals surface area contributed by atoms with Crippen LogP contribution in [0.15, 0.2) is 17.5 Å². The number of esters is 2. The summed E-state index contributed by atoms with van der Waals surface area (Å²) in [6, 6.07) is -0.593. The monoisotopic (exact) mass is 551 g/mol. The van der Waals surface area contributed by atoms with Crippen molar-refractivity contribution in [1.82, 2.24) is 20.2 Å². The van der Waals surface area contributed by atoms with Crippen molar-refractivity contribution in [2.24, 2.45) is 5.92 Å². The lowest BCUT2D eigenvalue weighted by molar-refractivity contribution is -0.157. The van der Waals surface area contributed by atoms with Crippen LogP contribution >= 0.6 is 11.8 Å². The second-order valence-electron chi connectivity index (χ2n) is 10.5. The Kier molecular flexibility index (Phi) is 9.69. The molecule has 38 heavy (non-hydrogen) atoms. The molecule has 0 aromatic carbocycles. The van der Waals surface area contributed by atoms with Crippen LogP contribution in [0.4, 0.5) is 10.7 Å². The fraction of sp³-hybridized carbons (Fsp3) is 0.640. The maximum Gasteiger partial charge on any atom is 0.407 e. The summed E-state index contributed by atoms with van der Waals surface area (Å²) in [5, 5.41) is 5.49. The van der Waals surface area contributed by atoms with E-state index >= 15 is 0 Å². The first-order valence-electron chi connectivity index (χ1n) is 12.6. The van der Waals surface area contributed by atoms with E-state index in [0.717, 1.165) is 5.69 Å². The molecule has 0 spiro atoms. The number of anilines is 1. The Morgan fingerprint density at radius 3 is 2.66 bits per heavy atom. The highest BCUT2D eigenvalue weighted by atomic mass is 32.2. The first kappa shape index (κ1) is 29.3. The number of H-pyrrole nitrogens is 1. The molecule has 3 N–H and O–H groups in total. The number of imidazole rings is 1. The van der Waals surface area contributed by atoms with Crippen molar-refractivity contribution in [2.45, 2.75) is 71.4 Å². The third kappa shape index (κ3) is 7.89. The number of carbonyl (C=O) groups excluding carboxylic acids is 4. The number of aryl methyl sites for hydroxylation is 1. The molecule has 1 aromatic rings. The minimum Gasteiger partial charge on any atom is -0.461 e. The van der Waals surface area contributed by atoms with Gasteiger partial charge in [0.25, 0.3) is 5.91 Å². The van der Waals surface area contributed by atoms with Gasteiger partial charge in [-0.2, -0.15) is 0 Å². The van der Waals surface area contributed by atoms with Crippen LogP contribution in [0.25, 0.3) is 0 Å². The molecule has 210 valence electrons. The number of aromatic nitrogens is 2. The number of hydrogen-bond acceptors (Lipinski definition) is 10. The number of thioether (sulfide) groups is 1. The SMILES string of the molecule is CC(=O)OCC1=C(C(=O)OC(C)(C)C)N2C(=O)C(Nc3nc(CCCNC(=O)OCC(C)C)c[nH]3)[C@@H]2SC1. The summed E-state index contributed by atoms with van der Waals surface area (Å²) in [5.74, 6) is -0.274. The molecule has 1 aromatic heterocycles. The summed E-state index contributed by atoms with van der Waals surface area (Å²) in [4.78, 5) is 58.1. The van der Waals surface area contributed by atoms with Gasteiger partial charge in [0.2, 0.25) is 5.95 Å². The average Bonchev–Trinajstić information content (AvgIpc) is 3.28. The van der Waals surface area contributed by atoms with Gasteiger partial charge in [-0.3, -0.25) is 14.5 Å². The largest absolute Gasteiger partial charge is 0.461 e. The number of nitrogens with zero attached hydrogens (tertiary/aromatic N) is 2. The molecule has 2 aliphatic rings. The number of carbonyl (C=O) groups is 4. The Labute approximate surface area is 226 Å². The molecule has 0 saturated carbocycles. The molecule has 0 aliphatic carbocycles. The minimum absolute atomic E-state index is 0.0860. The number of hydrogen-bond donors (Lipinski definition) is 3. The van der Waals surface area contributed by atoms with Gasteiger partial charge in [0.1, 0.15) is 29.3 Å². The summed E-state index contributed by atoms with van der Waals surface area (Å²) < 4.78 is 15.7. The number of aromatic amines is 1. The van der Waals surface area contributed by atoms with Crippen LogP contribution in [0.1, 0.15) is 53.7 Å². The topological polar surface area (TPSA) is 152 Å². The normalized spacial score (nSPS) is 19.0. The van der Waals surface area contributed by atoms with Gasteiger partial charge in [0.05, 0.1) is 12.3 Å². The lowest BCUT2D eigenvalue weighted by atomic mass is 10.0. The predicted molar refractivity (Wildman–Crippen MR) is 141 cm³/mol. The van der Waals surface area contributed by atoms with E-state index in [0.29, 0.717) is 43.3 Å². The zero-order valence-corrected chi connectivity index (χ0v) is 23.5. The molecule has 13 heteroatoms. The number of ether oxygens (including phenoxy) is 3. The number of rotatable bonds is 11. The van der Waals surface area contributed by atoms with E-state index in [-0.39, 0.29) is 29.5 Å². The standard InChI is InChI=1S/C25H37N5O7S/c1-14(2)11-36-24(34)26-9-7-8-17-10-27-23(28-17)29-18-20(32)30-19(22(33)37-25(4,5)6)16(12-35-15(3)31)13-38-21(18)30/h10,14,18,21H,7-9,11-13H2,1-6H3,(H,26,34)(H2,27,28,29)/t18?,21-/m0/s1. The first-order valence-corrected chi connectivity index (χ1v) is 13.7. The first-order chi connectivity index (χ1) is 17.9. The fourth-order valence-corrected chi connectivity index (χ4v) is 5.09. The molecule has 2 amide bonds. The smallest absolute Gasteiger partial charge is 0.407 e. The van der Waals surface area contributed by atoms with Gasteiger partial charge in [-0.25, -0.2) is 14.6 Å². The quantitative estimate of drug-likeness (QED) is 0.162. The number of amides is 2. The number of β-lactam (4-membered cyclic amide) rings is 1. The molecule has 0 radical (unpaired) electrons. The van der Waals surface area contributed by atoms with Crippen molar-refractivity contribution in [3.05, 3.63) is 23.2 Å². The van der Waals surface area contributed by atoms with Crippen molar-refractivity contribution in [1.29, 1.82) is 0 Å². The van der Waals surface area contributed by atoms with Gasteiger partial charge in [0, 0.05) is 31.0 Å².